The lowest BCUT2D eigenvalue weighted by Crippen LogP contribution is -2.32. The van der Waals surface area contributed by atoms with Gasteiger partial charge in [-0.1, -0.05) is 34.1 Å². The summed E-state index contributed by atoms with van der Waals surface area (Å²) in [5, 5.41) is 11.8. The van der Waals surface area contributed by atoms with Crippen molar-refractivity contribution >= 4 is 28.1 Å². The second-order valence-electron chi connectivity index (χ2n) is 5.29. The Balaban J connectivity index is 2.47. The summed E-state index contributed by atoms with van der Waals surface area (Å²) >= 11 is 3.36. The third-order valence-corrected chi connectivity index (χ3v) is 3.09. The van der Waals surface area contributed by atoms with E-state index >= 15 is 0 Å². The first kappa shape index (κ1) is 16.7. The van der Waals surface area contributed by atoms with Gasteiger partial charge in [-0.25, -0.2) is 4.79 Å². The van der Waals surface area contributed by atoms with Crippen molar-refractivity contribution in [1.29, 1.82) is 0 Å². The van der Waals surface area contributed by atoms with Crippen molar-refractivity contribution in [3.63, 3.8) is 0 Å². The average Bonchev–Trinajstić information content (AvgIpc) is 2.34. The van der Waals surface area contributed by atoms with Gasteiger partial charge in [-0.05, 0) is 44.0 Å². The number of benzene rings is 1. The molecule has 20 heavy (non-hydrogen) atoms. The molecular formula is C15H20BrNO3. The number of ether oxygens (including phenoxy) is 1. The number of aliphatic hydroxyl groups is 1. The highest BCUT2D eigenvalue weighted by Crippen LogP contribution is 2.18. The number of hydrogen-bond donors (Lipinski definition) is 2. The van der Waals surface area contributed by atoms with Crippen LogP contribution in [-0.2, 0) is 11.3 Å². The molecule has 0 aromatic heterocycles. The van der Waals surface area contributed by atoms with Crippen molar-refractivity contribution in [1.82, 2.24) is 5.32 Å². The third-order valence-electron chi connectivity index (χ3n) is 2.31. The van der Waals surface area contributed by atoms with Gasteiger partial charge in [-0.15, -0.1) is 0 Å². The predicted octanol–water partition coefficient (Wildman–Crippen LogP) is 3.48. The van der Waals surface area contributed by atoms with Gasteiger partial charge in [-0.3, -0.25) is 0 Å². The summed E-state index contributed by atoms with van der Waals surface area (Å²) in [6.07, 6.45) is 3.27. The van der Waals surface area contributed by atoms with Gasteiger partial charge in [0.15, 0.2) is 0 Å². The van der Waals surface area contributed by atoms with Crippen LogP contribution in [0.5, 0.6) is 0 Å². The highest BCUT2D eigenvalue weighted by atomic mass is 79.9. The lowest BCUT2D eigenvalue weighted by atomic mass is 10.1. The molecule has 0 spiro atoms. The van der Waals surface area contributed by atoms with Crippen molar-refractivity contribution in [2.24, 2.45) is 0 Å². The number of aliphatic hydroxyl groups excluding tert-OH is 1. The minimum atomic E-state index is -0.491. The number of amides is 1. The van der Waals surface area contributed by atoms with Crippen LogP contribution < -0.4 is 5.32 Å². The summed E-state index contributed by atoms with van der Waals surface area (Å²) in [6.45, 7) is 5.83. The van der Waals surface area contributed by atoms with Gasteiger partial charge in [-0.2, -0.15) is 0 Å². The molecule has 1 amide bonds. The van der Waals surface area contributed by atoms with Crippen LogP contribution in [0.3, 0.4) is 0 Å². The maximum Gasteiger partial charge on any atom is 0.407 e. The van der Waals surface area contributed by atoms with Crippen LogP contribution >= 0.6 is 15.9 Å². The lowest BCUT2D eigenvalue weighted by molar-refractivity contribution is 0.0534. The van der Waals surface area contributed by atoms with Gasteiger partial charge in [0, 0.05) is 11.0 Å². The summed E-state index contributed by atoms with van der Waals surface area (Å²) in [4.78, 5) is 11.4. The molecule has 0 aliphatic rings. The van der Waals surface area contributed by atoms with Crippen molar-refractivity contribution < 1.29 is 14.6 Å². The molecule has 1 aromatic rings. The molecule has 2 N–H and O–H groups in total. The monoisotopic (exact) mass is 341 g/mol. The quantitative estimate of drug-likeness (QED) is 0.881. The Hall–Kier alpha value is -1.33. The summed E-state index contributed by atoms with van der Waals surface area (Å²) in [5.41, 5.74) is 1.30. The molecule has 5 heteroatoms. The molecule has 0 bridgehead atoms. The Labute approximate surface area is 128 Å². The van der Waals surface area contributed by atoms with Crippen LogP contribution in [0.4, 0.5) is 4.79 Å². The first-order chi connectivity index (χ1) is 9.31. The largest absolute Gasteiger partial charge is 0.444 e. The average molecular weight is 342 g/mol. The number of alkyl carbamates (subject to hydrolysis) is 1. The van der Waals surface area contributed by atoms with E-state index in [-0.39, 0.29) is 6.61 Å². The van der Waals surface area contributed by atoms with E-state index in [1.54, 1.807) is 0 Å². The topological polar surface area (TPSA) is 58.6 Å². The van der Waals surface area contributed by atoms with Crippen LogP contribution in [0, 0.1) is 0 Å². The molecule has 0 aliphatic carbocycles. The van der Waals surface area contributed by atoms with Gasteiger partial charge in [0.1, 0.15) is 5.60 Å². The van der Waals surface area contributed by atoms with Gasteiger partial charge in [0.2, 0.25) is 0 Å². The highest BCUT2D eigenvalue weighted by molar-refractivity contribution is 9.10. The molecular weight excluding hydrogens is 322 g/mol. The molecule has 4 nitrogen and oxygen atoms in total. The van der Waals surface area contributed by atoms with Crippen LogP contribution in [0.1, 0.15) is 31.9 Å². The van der Waals surface area contributed by atoms with E-state index in [4.69, 9.17) is 9.84 Å². The van der Waals surface area contributed by atoms with Crippen molar-refractivity contribution in [3.8, 4) is 0 Å². The fraction of sp³-hybridized carbons (Fsp3) is 0.400. The summed E-state index contributed by atoms with van der Waals surface area (Å²) < 4.78 is 6.00. The van der Waals surface area contributed by atoms with E-state index in [2.05, 4.69) is 21.2 Å². The Morgan fingerprint density at radius 2 is 2.15 bits per heavy atom. The van der Waals surface area contributed by atoms with Gasteiger partial charge in [0.25, 0.3) is 0 Å². The zero-order valence-corrected chi connectivity index (χ0v) is 13.5. The molecule has 0 unspecified atom stereocenters. The van der Waals surface area contributed by atoms with E-state index in [1.165, 1.54) is 0 Å². The summed E-state index contributed by atoms with van der Waals surface area (Å²) in [6, 6.07) is 5.69. The van der Waals surface area contributed by atoms with Crippen molar-refractivity contribution in [2.45, 2.75) is 33.0 Å². The molecule has 110 valence electrons. The molecule has 1 rings (SSSR count). The van der Waals surface area contributed by atoms with Gasteiger partial charge in [0.05, 0.1) is 6.61 Å². The molecule has 0 saturated heterocycles. The molecule has 0 fully saturated rings. The lowest BCUT2D eigenvalue weighted by Gasteiger charge is -2.19. The van der Waals surface area contributed by atoms with Gasteiger partial charge >= 0.3 is 6.09 Å². The van der Waals surface area contributed by atoms with Crippen molar-refractivity contribution in [2.75, 3.05) is 6.54 Å². The zero-order chi connectivity index (χ0) is 15.2. The maximum absolute atomic E-state index is 11.4. The first-order valence-electron chi connectivity index (χ1n) is 6.34. The summed E-state index contributed by atoms with van der Waals surface area (Å²) in [5.74, 6) is 0. The second-order valence-corrected chi connectivity index (χ2v) is 6.15. The number of nitrogens with one attached hydrogen (secondary N) is 1. The van der Waals surface area contributed by atoms with Gasteiger partial charge < -0.3 is 15.2 Å². The molecule has 0 atom stereocenters. The number of hydrogen-bond acceptors (Lipinski definition) is 3. The van der Waals surface area contributed by atoms with Crippen LogP contribution in [0.25, 0.3) is 6.08 Å². The van der Waals surface area contributed by atoms with Crippen LogP contribution in [0.2, 0.25) is 0 Å². The van der Waals surface area contributed by atoms with E-state index in [1.807, 2.05) is 51.1 Å². The molecule has 1 aromatic carbocycles. The zero-order valence-electron chi connectivity index (χ0n) is 11.9. The molecule has 0 aliphatic heterocycles. The standard InChI is InChI=1S/C15H20BrNO3/c1-15(2,3)20-14(19)17-8-4-5-11-6-7-13(16)12(9-11)10-18/h4-7,9,18H,8,10H2,1-3H3,(H,17,19). The van der Waals surface area contributed by atoms with Crippen LogP contribution in [-0.4, -0.2) is 23.3 Å². The molecule has 0 heterocycles. The Bertz CT molecular complexity index is 492. The minimum Gasteiger partial charge on any atom is -0.444 e. The first-order valence-corrected chi connectivity index (χ1v) is 7.14. The third kappa shape index (κ3) is 6.21. The Morgan fingerprint density at radius 3 is 2.75 bits per heavy atom. The SMILES string of the molecule is CC(C)(C)OC(=O)NCC=Cc1ccc(Br)c(CO)c1. The van der Waals surface area contributed by atoms with E-state index < -0.39 is 11.7 Å². The summed E-state index contributed by atoms with van der Waals surface area (Å²) in [7, 11) is 0. The minimum absolute atomic E-state index is 0.0155. The fourth-order valence-corrected chi connectivity index (χ4v) is 1.84. The maximum atomic E-state index is 11.4. The molecule has 0 radical (unpaired) electrons. The highest BCUT2D eigenvalue weighted by Gasteiger charge is 2.14. The second kappa shape index (κ2) is 7.45. The normalized spacial score (nSPS) is 11.7. The Morgan fingerprint density at radius 1 is 1.45 bits per heavy atom. The number of carbonyl (C=O) groups excluding carboxylic acids is 1. The van der Waals surface area contributed by atoms with E-state index in [0.717, 1.165) is 15.6 Å². The predicted molar refractivity (Wildman–Crippen MR) is 83.3 cm³/mol. The van der Waals surface area contributed by atoms with Crippen LogP contribution in [0.15, 0.2) is 28.7 Å². The van der Waals surface area contributed by atoms with E-state index in [9.17, 15) is 4.79 Å². The number of halogens is 1. The fourth-order valence-electron chi connectivity index (χ4n) is 1.47. The van der Waals surface area contributed by atoms with E-state index in [0.29, 0.717) is 6.54 Å². The Kier molecular flexibility index (Phi) is 6.23. The van der Waals surface area contributed by atoms with Crippen molar-refractivity contribution in [3.05, 3.63) is 39.9 Å². The number of rotatable bonds is 4. The smallest absolute Gasteiger partial charge is 0.407 e. The number of carbonyl (C=O) groups is 1. The molecule has 0 saturated carbocycles.